The van der Waals surface area contributed by atoms with Crippen LogP contribution in [-0.4, -0.2) is 26.7 Å². The van der Waals surface area contributed by atoms with Crippen LogP contribution in [0.2, 0.25) is 0 Å². The molecule has 1 aliphatic carbocycles. The van der Waals surface area contributed by atoms with Gasteiger partial charge in [-0.05, 0) is 26.2 Å². The molecule has 0 bridgehead atoms. The van der Waals surface area contributed by atoms with Crippen molar-refractivity contribution >= 4 is 11.8 Å². The van der Waals surface area contributed by atoms with E-state index in [2.05, 4.69) is 32.3 Å². The van der Waals surface area contributed by atoms with Crippen molar-refractivity contribution in [1.82, 2.24) is 20.1 Å². The molecule has 21 heavy (non-hydrogen) atoms. The predicted molar refractivity (Wildman–Crippen MR) is 79.0 cm³/mol. The Labute approximate surface area is 123 Å². The Morgan fingerprint density at radius 1 is 1.29 bits per heavy atom. The fourth-order valence-electron chi connectivity index (χ4n) is 2.35. The maximum absolute atomic E-state index is 5.71. The number of aromatic nitrogens is 4. The van der Waals surface area contributed by atoms with Gasteiger partial charge in [-0.25, -0.2) is 4.98 Å². The summed E-state index contributed by atoms with van der Waals surface area (Å²) in [6, 6.07) is 0. The summed E-state index contributed by atoms with van der Waals surface area (Å²) in [5.74, 6) is 3.11. The number of nitrogen functional groups attached to an aromatic ring is 1. The van der Waals surface area contributed by atoms with Gasteiger partial charge in [-0.2, -0.15) is 9.97 Å². The molecule has 0 amide bonds. The van der Waals surface area contributed by atoms with Gasteiger partial charge in [-0.1, -0.05) is 12.1 Å². The second-order valence-electron chi connectivity index (χ2n) is 5.35. The molecule has 1 fully saturated rings. The molecule has 3 rings (SSSR count). The van der Waals surface area contributed by atoms with Gasteiger partial charge in [0.1, 0.15) is 5.82 Å². The van der Waals surface area contributed by atoms with Crippen molar-refractivity contribution in [3.8, 4) is 0 Å². The summed E-state index contributed by atoms with van der Waals surface area (Å²) < 4.78 is 5.24. The number of rotatable bonds is 6. The number of nitrogens with one attached hydrogen (secondary N) is 1. The topological polar surface area (TPSA) is 103 Å². The lowest BCUT2D eigenvalue weighted by Crippen LogP contribution is -2.12. The van der Waals surface area contributed by atoms with E-state index in [4.69, 9.17) is 10.3 Å². The van der Waals surface area contributed by atoms with E-state index in [1.165, 1.54) is 12.8 Å². The van der Waals surface area contributed by atoms with E-state index in [1.54, 1.807) is 0 Å². The third kappa shape index (κ3) is 3.12. The largest absolute Gasteiger partial charge is 0.369 e. The number of hydrogen-bond acceptors (Lipinski definition) is 7. The molecule has 0 aliphatic heterocycles. The summed E-state index contributed by atoms with van der Waals surface area (Å²) in [4.78, 5) is 12.9. The Morgan fingerprint density at radius 2 is 2.10 bits per heavy atom. The molecular formula is C14H20N6O. The maximum atomic E-state index is 5.71. The van der Waals surface area contributed by atoms with Crippen molar-refractivity contribution < 1.29 is 4.52 Å². The fraction of sp³-hybridized carbons (Fsp3) is 0.571. The van der Waals surface area contributed by atoms with Crippen LogP contribution >= 0.6 is 0 Å². The van der Waals surface area contributed by atoms with E-state index in [1.807, 2.05) is 6.92 Å². The van der Waals surface area contributed by atoms with Gasteiger partial charge in [0.2, 0.25) is 11.8 Å². The van der Waals surface area contributed by atoms with Crippen molar-refractivity contribution in [3.63, 3.8) is 0 Å². The van der Waals surface area contributed by atoms with Gasteiger partial charge < -0.3 is 15.6 Å². The third-order valence-electron chi connectivity index (χ3n) is 3.64. The molecule has 7 heteroatoms. The van der Waals surface area contributed by atoms with Gasteiger partial charge in [0, 0.05) is 30.1 Å². The molecule has 0 aromatic carbocycles. The third-order valence-corrected chi connectivity index (χ3v) is 3.64. The number of hydrogen-bond donors (Lipinski definition) is 2. The molecule has 0 saturated heterocycles. The molecule has 0 atom stereocenters. The number of nitrogens with zero attached hydrogens (tertiary/aromatic N) is 4. The van der Waals surface area contributed by atoms with E-state index in [-0.39, 0.29) is 0 Å². The first-order valence-corrected chi connectivity index (χ1v) is 7.36. The van der Waals surface area contributed by atoms with Crippen molar-refractivity contribution in [3.05, 3.63) is 23.0 Å². The molecule has 2 aromatic rings. The Balaban J connectivity index is 1.61. The summed E-state index contributed by atoms with van der Waals surface area (Å²) in [5, 5.41) is 7.30. The molecule has 2 aromatic heterocycles. The highest BCUT2D eigenvalue weighted by Crippen LogP contribution is 2.38. The molecule has 3 N–H and O–H groups in total. The minimum Gasteiger partial charge on any atom is -0.369 e. The molecule has 0 unspecified atom stereocenters. The van der Waals surface area contributed by atoms with Crippen LogP contribution in [0, 0.1) is 6.92 Å². The Bertz CT molecular complexity index is 634. The zero-order valence-electron chi connectivity index (χ0n) is 12.4. The fourth-order valence-corrected chi connectivity index (χ4v) is 2.35. The van der Waals surface area contributed by atoms with Crippen LogP contribution in [0.25, 0.3) is 0 Å². The second kappa shape index (κ2) is 5.67. The zero-order chi connectivity index (χ0) is 14.8. The zero-order valence-corrected chi connectivity index (χ0v) is 12.4. The summed E-state index contributed by atoms with van der Waals surface area (Å²) in [7, 11) is 0. The van der Waals surface area contributed by atoms with Gasteiger partial charge in [0.25, 0.3) is 0 Å². The van der Waals surface area contributed by atoms with Crippen LogP contribution in [0.1, 0.15) is 48.7 Å². The van der Waals surface area contributed by atoms with E-state index in [0.717, 1.165) is 35.2 Å². The second-order valence-corrected chi connectivity index (χ2v) is 5.35. The van der Waals surface area contributed by atoms with Crippen molar-refractivity contribution in [1.29, 1.82) is 0 Å². The minimum atomic E-state index is 0.294. The smallest absolute Gasteiger partial charge is 0.229 e. The molecule has 0 radical (unpaired) electrons. The first-order valence-electron chi connectivity index (χ1n) is 7.36. The normalized spacial score (nSPS) is 14.4. The SMILES string of the molecule is CCc1c(C)nc(N)nc1NCCc1noc(C2CC2)n1. The highest BCUT2D eigenvalue weighted by Gasteiger charge is 2.29. The highest BCUT2D eigenvalue weighted by atomic mass is 16.5. The van der Waals surface area contributed by atoms with Crippen LogP contribution in [-0.2, 0) is 12.8 Å². The van der Waals surface area contributed by atoms with Crippen LogP contribution in [0.3, 0.4) is 0 Å². The first kappa shape index (κ1) is 13.8. The van der Waals surface area contributed by atoms with E-state index in [9.17, 15) is 0 Å². The van der Waals surface area contributed by atoms with Crippen LogP contribution in [0.4, 0.5) is 11.8 Å². The van der Waals surface area contributed by atoms with Gasteiger partial charge in [0.15, 0.2) is 5.82 Å². The Hall–Kier alpha value is -2.18. The van der Waals surface area contributed by atoms with Crippen LogP contribution < -0.4 is 11.1 Å². The lowest BCUT2D eigenvalue weighted by molar-refractivity contribution is 0.374. The molecule has 1 aliphatic rings. The lowest BCUT2D eigenvalue weighted by atomic mass is 10.1. The molecule has 112 valence electrons. The van der Waals surface area contributed by atoms with Gasteiger partial charge in [-0.3, -0.25) is 0 Å². The standard InChI is InChI=1S/C14H20N6O/c1-3-10-8(2)17-14(15)19-12(10)16-7-6-11-18-13(21-20-11)9-4-5-9/h9H,3-7H2,1-2H3,(H3,15,16,17,19). The molecule has 2 heterocycles. The first-order chi connectivity index (χ1) is 10.2. The van der Waals surface area contributed by atoms with Gasteiger partial charge in [0.05, 0.1) is 0 Å². The monoisotopic (exact) mass is 288 g/mol. The lowest BCUT2D eigenvalue weighted by Gasteiger charge is -2.11. The van der Waals surface area contributed by atoms with Crippen molar-refractivity contribution in [2.45, 2.75) is 45.4 Å². The summed E-state index contributed by atoms with van der Waals surface area (Å²) in [6.07, 6.45) is 3.89. The minimum absolute atomic E-state index is 0.294. The molecule has 7 nitrogen and oxygen atoms in total. The Kier molecular flexibility index (Phi) is 3.72. The van der Waals surface area contributed by atoms with Crippen LogP contribution in [0.5, 0.6) is 0 Å². The molecule has 1 saturated carbocycles. The predicted octanol–water partition coefficient (Wildman–Crippen LogP) is 1.84. The number of nitrogens with two attached hydrogens (primary N) is 1. The average molecular weight is 288 g/mol. The summed E-state index contributed by atoms with van der Waals surface area (Å²) in [6.45, 7) is 4.71. The Morgan fingerprint density at radius 3 is 2.81 bits per heavy atom. The van der Waals surface area contributed by atoms with Gasteiger partial charge >= 0.3 is 0 Å². The highest BCUT2D eigenvalue weighted by molar-refractivity contribution is 5.49. The summed E-state index contributed by atoms with van der Waals surface area (Å²) >= 11 is 0. The maximum Gasteiger partial charge on any atom is 0.229 e. The molecular weight excluding hydrogens is 268 g/mol. The van der Waals surface area contributed by atoms with Gasteiger partial charge in [-0.15, -0.1) is 0 Å². The van der Waals surface area contributed by atoms with E-state index < -0.39 is 0 Å². The van der Waals surface area contributed by atoms with E-state index >= 15 is 0 Å². The van der Waals surface area contributed by atoms with Crippen LogP contribution in [0.15, 0.2) is 4.52 Å². The molecule has 0 spiro atoms. The van der Waals surface area contributed by atoms with Crippen molar-refractivity contribution in [2.75, 3.05) is 17.6 Å². The van der Waals surface area contributed by atoms with E-state index in [0.29, 0.717) is 24.8 Å². The quantitative estimate of drug-likeness (QED) is 0.836. The number of aryl methyl sites for hydroxylation is 1. The van der Waals surface area contributed by atoms with Crippen molar-refractivity contribution in [2.24, 2.45) is 0 Å². The number of anilines is 2. The summed E-state index contributed by atoms with van der Waals surface area (Å²) in [5.41, 5.74) is 7.72. The average Bonchev–Trinajstić information content (AvgIpc) is 3.19.